The third-order valence-electron chi connectivity index (χ3n) is 4.37. The average molecular weight is 482 g/mol. The smallest absolute Gasteiger partial charge is 0.412 e. The Balaban J connectivity index is 2.25. The van der Waals surface area contributed by atoms with Crippen molar-refractivity contribution in [1.82, 2.24) is 10.3 Å². The van der Waals surface area contributed by atoms with Crippen molar-refractivity contribution in [1.29, 1.82) is 0 Å². The number of nitrogens with one attached hydrogen (secondary N) is 2. The number of pyridine rings is 1. The van der Waals surface area contributed by atoms with E-state index in [2.05, 4.69) is 15.6 Å². The van der Waals surface area contributed by atoms with Gasteiger partial charge in [-0.15, -0.1) is 0 Å². The fraction of sp³-hybridized carbons (Fsp3) is 0.435. The molecule has 1 aromatic carbocycles. The van der Waals surface area contributed by atoms with Crippen LogP contribution in [0, 0.1) is 0 Å². The van der Waals surface area contributed by atoms with Crippen LogP contribution in [-0.4, -0.2) is 29.3 Å². The van der Waals surface area contributed by atoms with E-state index in [-0.39, 0.29) is 24.0 Å². The number of anilines is 1. The molecule has 0 saturated carbocycles. The van der Waals surface area contributed by atoms with Gasteiger partial charge >= 0.3 is 12.1 Å². The summed E-state index contributed by atoms with van der Waals surface area (Å²) in [5.41, 5.74) is 1.17. The second-order valence-electron chi connectivity index (χ2n) is 8.07. The molecule has 0 aliphatic heterocycles. The molecule has 2 N–H and O–H groups in total. The molecule has 174 valence electrons. The van der Waals surface area contributed by atoms with E-state index in [4.69, 9.17) is 32.7 Å². The fourth-order valence-corrected chi connectivity index (χ4v) is 3.42. The number of carbonyl (C=O) groups is 2. The quantitative estimate of drug-likeness (QED) is 0.439. The lowest BCUT2D eigenvalue weighted by Gasteiger charge is -2.21. The van der Waals surface area contributed by atoms with Gasteiger partial charge in [0, 0.05) is 18.8 Å². The monoisotopic (exact) mass is 481 g/mol. The Labute approximate surface area is 198 Å². The number of esters is 1. The van der Waals surface area contributed by atoms with Crippen molar-refractivity contribution < 1.29 is 19.1 Å². The third-order valence-corrected chi connectivity index (χ3v) is 5.20. The van der Waals surface area contributed by atoms with Gasteiger partial charge in [-0.2, -0.15) is 0 Å². The lowest BCUT2D eigenvalue weighted by Crippen LogP contribution is -2.28. The van der Waals surface area contributed by atoms with E-state index in [1.165, 1.54) is 0 Å². The molecule has 1 atom stereocenters. The summed E-state index contributed by atoms with van der Waals surface area (Å²) in [5, 5.41) is 7.03. The summed E-state index contributed by atoms with van der Waals surface area (Å²) in [7, 11) is 0. The molecule has 0 bridgehead atoms. The molecule has 9 heteroatoms. The van der Waals surface area contributed by atoms with Crippen molar-refractivity contribution >= 4 is 41.0 Å². The first-order chi connectivity index (χ1) is 15.1. The molecule has 0 aliphatic rings. The lowest BCUT2D eigenvalue weighted by molar-refractivity contribution is 0.0520. The Morgan fingerprint density at radius 3 is 2.53 bits per heavy atom. The predicted octanol–water partition coefficient (Wildman–Crippen LogP) is 6.15. The molecule has 0 spiro atoms. The highest BCUT2D eigenvalue weighted by Gasteiger charge is 2.21. The van der Waals surface area contributed by atoms with Gasteiger partial charge in [-0.05, 0) is 57.4 Å². The van der Waals surface area contributed by atoms with Crippen molar-refractivity contribution in [2.75, 3.05) is 11.9 Å². The number of nitrogens with zero attached hydrogens (tertiary/aromatic N) is 1. The Hall–Kier alpha value is -2.35. The largest absolute Gasteiger partial charge is 0.461 e. The van der Waals surface area contributed by atoms with Crippen LogP contribution in [0.25, 0.3) is 0 Å². The maximum atomic E-state index is 12.3. The minimum atomic E-state index is -0.689. The highest BCUT2D eigenvalue weighted by molar-refractivity contribution is 6.42. The molecule has 0 fully saturated rings. The Kier molecular flexibility index (Phi) is 9.31. The van der Waals surface area contributed by atoms with E-state index in [0.717, 1.165) is 17.5 Å². The van der Waals surface area contributed by atoms with Crippen LogP contribution in [0.4, 0.5) is 10.5 Å². The lowest BCUT2D eigenvalue weighted by atomic mass is 10.0. The van der Waals surface area contributed by atoms with Gasteiger partial charge in [0.15, 0.2) is 5.69 Å². The normalized spacial score (nSPS) is 12.2. The Morgan fingerprint density at radius 2 is 1.91 bits per heavy atom. The summed E-state index contributed by atoms with van der Waals surface area (Å²) in [4.78, 5) is 28.8. The van der Waals surface area contributed by atoms with Crippen molar-refractivity contribution in [3.05, 3.63) is 57.3 Å². The molecule has 0 saturated heterocycles. The molecule has 0 aliphatic carbocycles. The molecule has 32 heavy (non-hydrogen) atoms. The van der Waals surface area contributed by atoms with Crippen molar-refractivity contribution in [3.8, 4) is 0 Å². The second-order valence-corrected chi connectivity index (χ2v) is 8.86. The highest BCUT2D eigenvalue weighted by Crippen LogP contribution is 2.31. The first-order valence-electron chi connectivity index (χ1n) is 10.4. The zero-order valence-corrected chi connectivity index (χ0v) is 20.4. The van der Waals surface area contributed by atoms with Gasteiger partial charge < -0.3 is 14.8 Å². The first-order valence-corrected chi connectivity index (χ1v) is 11.1. The van der Waals surface area contributed by atoms with Crippen LogP contribution in [0.3, 0.4) is 0 Å². The van der Waals surface area contributed by atoms with E-state index >= 15 is 0 Å². The highest BCUT2D eigenvalue weighted by atomic mass is 35.5. The van der Waals surface area contributed by atoms with Gasteiger partial charge in [0.25, 0.3) is 0 Å². The molecule has 1 aromatic heterocycles. The van der Waals surface area contributed by atoms with E-state index in [0.29, 0.717) is 16.6 Å². The topological polar surface area (TPSA) is 89.5 Å². The van der Waals surface area contributed by atoms with Crippen LogP contribution < -0.4 is 10.6 Å². The average Bonchev–Trinajstić information content (AvgIpc) is 2.70. The number of halogens is 2. The zero-order chi connectivity index (χ0) is 23.9. The molecule has 1 unspecified atom stereocenters. The van der Waals surface area contributed by atoms with E-state index < -0.39 is 17.7 Å². The molecule has 2 rings (SSSR count). The second kappa shape index (κ2) is 11.5. The number of benzene rings is 1. The maximum absolute atomic E-state index is 12.3. The summed E-state index contributed by atoms with van der Waals surface area (Å²) in [6.07, 6.45) is 1.65. The van der Waals surface area contributed by atoms with E-state index in [9.17, 15) is 9.59 Å². The summed E-state index contributed by atoms with van der Waals surface area (Å²) in [6, 6.07) is 7.14. The zero-order valence-electron chi connectivity index (χ0n) is 18.9. The molecular weight excluding hydrogens is 453 g/mol. The van der Waals surface area contributed by atoms with Gasteiger partial charge in [-0.1, -0.05) is 42.3 Å². The fourth-order valence-electron chi connectivity index (χ4n) is 2.98. The van der Waals surface area contributed by atoms with Crippen LogP contribution in [0.1, 0.15) is 68.7 Å². The third kappa shape index (κ3) is 7.36. The number of ether oxygens (including phenoxy) is 2. The number of aromatic nitrogens is 1. The predicted molar refractivity (Wildman–Crippen MR) is 126 cm³/mol. The standard InChI is InChI=1S/C23H29Cl2N3O4/c1-6-17(15-9-8-10-16(24)19(15)25)26-12-14-11-18(28-22(30)32-23(3,4)5)20(27-13-14)21(29)31-7-2/h8-11,13,17,26H,6-7,12H2,1-5H3,(H,28,30). The van der Waals surface area contributed by atoms with Crippen LogP contribution in [-0.2, 0) is 16.0 Å². The SMILES string of the molecule is CCOC(=O)c1ncc(CNC(CC)c2cccc(Cl)c2Cl)cc1NC(=O)OC(C)(C)C. The summed E-state index contributed by atoms with van der Waals surface area (Å²) in [6.45, 7) is 9.60. The maximum Gasteiger partial charge on any atom is 0.412 e. The van der Waals surface area contributed by atoms with Crippen LogP contribution >= 0.6 is 23.2 Å². The molecule has 1 heterocycles. The number of amides is 1. The first kappa shape index (κ1) is 25.9. The number of rotatable bonds is 8. The summed E-state index contributed by atoms with van der Waals surface area (Å²) >= 11 is 12.5. The molecule has 7 nitrogen and oxygen atoms in total. The molecule has 2 aromatic rings. The molecule has 0 radical (unpaired) electrons. The van der Waals surface area contributed by atoms with E-state index in [1.54, 1.807) is 46.0 Å². The molecule has 1 amide bonds. The van der Waals surface area contributed by atoms with E-state index in [1.807, 2.05) is 19.1 Å². The van der Waals surface area contributed by atoms with Crippen molar-refractivity contribution in [2.45, 2.75) is 59.2 Å². The van der Waals surface area contributed by atoms with Gasteiger partial charge in [-0.25, -0.2) is 14.6 Å². The number of hydrogen-bond donors (Lipinski definition) is 2. The van der Waals surface area contributed by atoms with Gasteiger partial charge in [0.2, 0.25) is 0 Å². The van der Waals surface area contributed by atoms with Crippen LogP contribution in [0.2, 0.25) is 10.0 Å². The van der Waals surface area contributed by atoms with Gasteiger partial charge in [0.05, 0.1) is 22.3 Å². The minimum absolute atomic E-state index is 0.00591. The van der Waals surface area contributed by atoms with Gasteiger partial charge in [0.1, 0.15) is 5.60 Å². The van der Waals surface area contributed by atoms with Crippen molar-refractivity contribution in [2.24, 2.45) is 0 Å². The van der Waals surface area contributed by atoms with Crippen LogP contribution in [0.15, 0.2) is 30.5 Å². The minimum Gasteiger partial charge on any atom is -0.461 e. The summed E-state index contributed by atoms with van der Waals surface area (Å²) < 4.78 is 10.4. The van der Waals surface area contributed by atoms with Gasteiger partial charge in [-0.3, -0.25) is 5.32 Å². The number of carbonyl (C=O) groups excluding carboxylic acids is 2. The summed E-state index contributed by atoms with van der Waals surface area (Å²) in [5.74, 6) is -0.629. The van der Waals surface area contributed by atoms with Crippen molar-refractivity contribution in [3.63, 3.8) is 0 Å². The Morgan fingerprint density at radius 1 is 1.19 bits per heavy atom. The molecular formula is C23H29Cl2N3O4. The Bertz CT molecular complexity index is 961. The number of hydrogen-bond acceptors (Lipinski definition) is 6. The van der Waals surface area contributed by atoms with Crippen LogP contribution in [0.5, 0.6) is 0 Å².